The summed E-state index contributed by atoms with van der Waals surface area (Å²) in [6, 6.07) is 19.6. The van der Waals surface area contributed by atoms with Crippen molar-refractivity contribution in [3.63, 3.8) is 0 Å². The van der Waals surface area contributed by atoms with Crippen LogP contribution in [0.2, 0.25) is 5.02 Å². The van der Waals surface area contributed by atoms with Crippen LogP contribution in [-0.2, 0) is 14.8 Å². The quantitative estimate of drug-likeness (QED) is 0.575. The SMILES string of the molecule is O=C(CN(c1ccc(Cl)cc1)S(=O)(=O)c1ccccc1)Nc1ccccc1C(=O)O. The van der Waals surface area contributed by atoms with Crippen LogP contribution in [0.1, 0.15) is 10.4 Å². The number of carboxylic acids is 1. The van der Waals surface area contributed by atoms with E-state index in [4.69, 9.17) is 11.6 Å². The maximum atomic E-state index is 13.2. The second kappa shape index (κ2) is 8.98. The van der Waals surface area contributed by atoms with Crippen molar-refractivity contribution in [1.82, 2.24) is 0 Å². The van der Waals surface area contributed by atoms with Gasteiger partial charge in [0.15, 0.2) is 0 Å². The first-order valence-corrected chi connectivity index (χ1v) is 10.6. The van der Waals surface area contributed by atoms with E-state index in [-0.39, 0.29) is 21.8 Å². The molecule has 2 N–H and O–H groups in total. The number of carbonyl (C=O) groups is 2. The molecular weight excluding hydrogens is 428 g/mol. The number of amides is 1. The molecule has 0 aromatic heterocycles. The molecule has 0 aliphatic rings. The van der Waals surface area contributed by atoms with Crippen LogP contribution in [0, 0.1) is 0 Å². The number of nitrogens with zero attached hydrogens (tertiary/aromatic N) is 1. The minimum Gasteiger partial charge on any atom is -0.478 e. The first kappa shape index (κ1) is 21.4. The normalized spacial score (nSPS) is 11.0. The lowest BCUT2D eigenvalue weighted by molar-refractivity contribution is -0.114. The van der Waals surface area contributed by atoms with E-state index >= 15 is 0 Å². The number of halogens is 1. The molecule has 154 valence electrons. The van der Waals surface area contributed by atoms with Crippen molar-refractivity contribution in [2.75, 3.05) is 16.2 Å². The second-order valence-electron chi connectivity index (χ2n) is 6.20. The Morgan fingerprint density at radius 3 is 2.13 bits per heavy atom. The van der Waals surface area contributed by atoms with E-state index in [1.807, 2.05) is 0 Å². The number of aromatic carboxylic acids is 1. The summed E-state index contributed by atoms with van der Waals surface area (Å²) >= 11 is 5.90. The number of sulfonamides is 1. The summed E-state index contributed by atoms with van der Waals surface area (Å²) in [5, 5.41) is 12.2. The average Bonchev–Trinajstić information content (AvgIpc) is 2.73. The third kappa shape index (κ3) is 4.79. The van der Waals surface area contributed by atoms with Gasteiger partial charge in [0.25, 0.3) is 10.0 Å². The molecule has 0 radical (unpaired) electrons. The summed E-state index contributed by atoms with van der Waals surface area (Å²) in [4.78, 5) is 24.0. The van der Waals surface area contributed by atoms with Crippen molar-refractivity contribution in [1.29, 1.82) is 0 Å². The maximum absolute atomic E-state index is 13.2. The highest BCUT2D eigenvalue weighted by molar-refractivity contribution is 7.92. The van der Waals surface area contributed by atoms with E-state index in [0.29, 0.717) is 5.02 Å². The molecule has 3 aromatic rings. The van der Waals surface area contributed by atoms with Crippen molar-refractivity contribution in [2.24, 2.45) is 0 Å². The molecule has 9 heteroatoms. The van der Waals surface area contributed by atoms with Gasteiger partial charge in [0.1, 0.15) is 6.54 Å². The highest BCUT2D eigenvalue weighted by atomic mass is 35.5. The molecule has 3 aromatic carbocycles. The summed E-state index contributed by atoms with van der Waals surface area (Å²) in [5.41, 5.74) is 0.211. The van der Waals surface area contributed by atoms with Crippen molar-refractivity contribution in [3.8, 4) is 0 Å². The molecule has 3 rings (SSSR count). The molecule has 0 atom stereocenters. The van der Waals surface area contributed by atoms with E-state index in [0.717, 1.165) is 4.31 Å². The number of para-hydroxylation sites is 1. The molecule has 0 aliphatic heterocycles. The Bertz CT molecular complexity index is 1170. The molecule has 0 spiro atoms. The lowest BCUT2D eigenvalue weighted by Crippen LogP contribution is -2.38. The second-order valence-corrected chi connectivity index (χ2v) is 8.50. The third-order valence-corrected chi connectivity index (χ3v) is 6.20. The van der Waals surface area contributed by atoms with E-state index in [1.54, 1.807) is 24.3 Å². The van der Waals surface area contributed by atoms with Gasteiger partial charge in [-0.15, -0.1) is 0 Å². The molecule has 0 aliphatic carbocycles. The summed E-state index contributed by atoms with van der Waals surface area (Å²) in [6.45, 7) is -0.563. The highest BCUT2D eigenvalue weighted by Crippen LogP contribution is 2.25. The molecule has 0 saturated carbocycles. The molecule has 0 unspecified atom stereocenters. The molecule has 0 saturated heterocycles. The number of nitrogens with one attached hydrogen (secondary N) is 1. The van der Waals surface area contributed by atoms with Gasteiger partial charge in [-0.2, -0.15) is 0 Å². The first-order valence-electron chi connectivity index (χ1n) is 8.74. The number of anilines is 2. The lowest BCUT2D eigenvalue weighted by atomic mass is 10.2. The first-order chi connectivity index (χ1) is 14.3. The van der Waals surface area contributed by atoms with Crippen molar-refractivity contribution in [3.05, 3.63) is 89.4 Å². The van der Waals surface area contributed by atoms with Gasteiger partial charge >= 0.3 is 5.97 Å². The topological polar surface area (TPSA) is 104 Å². The fraction of sp³-hybridized carbons (Fsp3) is 0.0476. The van der Waals surface area contributed by atoms with Crippen LogP contribution in [0.4, 0.5) is 11.4 Å². The van der Waals surface area contributed by atoms with Crippen LogP contribution in [-0.4, -0.2) is 31.9 Å². The Kier molecular flexibility index (Phi) is 6.39. The van der Waals surface area contributed by atoms with Crippen molar-refractivity contribution >= 4 is 44.9 Å². The summed E-state index contributed by atoms with van der Waals surface area (Å²) in [7, 11) is -4.07. The van der Waals surface area contributed by atoms with E-state index < -0.39 is 28.4 Å². The highest BCUT2D eigenvalue weighted by Gasteiger charge is 2.27. The molecule has 0 bridgehead atoms. The lowest BCUT2D eigenvalue weighted by Gasteiger charge is -2.24. The fourth-order valence-corrected chi connectivity index (χ4v) is 4.31. The Hall–Kier alpha value is -3.36. The summed E-state index contributed by atoms with van der Waals surface area (Å²) < 4.78 is 27.3. The monoisotopic (exact) mass is 444 g/mol. The largest absolute Gasteiger partial charge is 0.478 e. The standard InChI is InChI=1S/C21H17ClN2O5S/c22-15-10-12-16(13-11-15)24(30(28,29)17-6-2-1-3-7-17)14-20(25)23-19-9-5-4-8-18(19)21(26)27/h1-13H,14H2,(H,23,25)(H,26,27). The molecule has 30 heavy (non-hydrogen) atoms. The Labute approximate surface area is 178 Å². The summed E-state index contributed by atoms with van der Waals surface area (Å²) in [5.74, 6) is -1.91. The summed E-state index contributed by atoms with van der Waals surface area (Å²) in [6.07, 6.45) is 0. The van der Waals surface area contributed by atoms with Crippen LogP contribution in [0.3, 0.4) is 0 Å². The van der Waals surface area contributed by atoms with Gasteiger partial charge in [-0.3, -0.25) is 9.10 Å². The maximum Gasteiger partial charge on any atom is 0.337 e. The van der Waals surface area contributed by atoms with Crippen molar-refractivity contribution in [2.45, 2.75) is 4.90 Å². The van der Waals surface area contributed by atoms with Gasteiger partial charge < -0.3 is 10.4 Å². The van der Waals surface area contributed by atoms with Gasteiger partial charge in [-0.05, 0) is 48.5 Å². The van der Waals surface area contributed by atoms with Gasteiger partial charge in [0.2, 0.25) is 5.91 Å². The van der Waals surface area contributed by atoms with Gasteiger partial charge in [-0.25, -0.2) is 13.2 Å². The zero-order valence-corrected chi connectivity index (χ0v) is 17.1. The predicted octanol–water partition coefficient (Wildman–Crippen LogP) is 3.87. The number of carbonyl (C=O) groups excluding carboxylic acids is 1. The van der Waals surface area contributed by atoms with Gasteiger partial charge in [-0.1, -0.05) is 41.9 Å². The van der Waals surface area contributed by atoms with Crippen LogP contribution in [0.25, 0.3) is 0 Å². The zero-order valence-electron chi connectivity index (χ0n) is 15.5. The number of hydrogen-bond acceptors (Lipinski definition) is 4. The minimum absolute atomic E-state index is 0.0127. The van der Waals surface area contributed by atoms with Crippen LogP contribution in [0.15, 0.2) is 83.8 Å². The Morgan fingerprint density at radius 1 is 0.900 bits per heavy atom. The number of hydrogen-bond donors (Lipinski definition) is 2. The number of carboxylic acid groups (broad SMARTS) is 1. The van der Waals surface area contributed by atoms with Crippen LogP contribution >= 0.6 is 11.6 Å². The zero-order chi connectivity index (χ0) is 21.7. The van der Waals surface area contributed by atoms with Gasteiger partial charge in [0, 0.05) is 5.02 Å². The van der Waals surface area contributed by atoms with E-state index in [1.165, 1.54) is 54.6 Å². The Balaban J connectivity index is 1.95. The Morgan fingerprint density at radius 2 is 1.50 bits per heavy atom. The number of benzene rings is 3. The average molecular weight is 445 g/mol. The molecule has 0 heterocycles. The number of rotatable bonds is 7. The van der Waals surface area contributed by atoms with Crippen LogP contribution < -0.4 is 9.62 Å². The molecule has 1 amide bonds. The van der Waals surface area contributed by atoms with E-state index in [2.05, 4.69) is 5.32 Å². The van der Waals surface area contributed by atoms with E-state index in [9.17, 15) is 23.1 Å². The minimum atomic E-state index is -4.07. The fourth-order valence-electron chi connectivity index (χ4n) is 2.74. The molecular formula is C21H17ClN2O5S. The molecule has 7 nitrogen and oxygen atoms in total. The molecule has 0 fully saturated rings. The third-order valence-electron chi connectivity index (χ3n) is 4.16. The van der Waals surface area contributed by atoms with Crippen molar-refractivity contribution < 1.29 is 23.1 Å². The van der Waals surface area contributed by atoms with Gasteiger partial charge in [0.05, 0.1) is 21.8 Å². The smallest absolute Gasteiger partial charge is 0.337 e. The van der Waals surface area contributed by atoms with Crippen LogP contribution in [0.5, 0.6) is 0 Å². The predicted molar refractivity (Wildman–Crippen MR) is 114 cm³/mol.